The maximum atomic E-state index is 9.78. The predicted molar refractivity (Wildman–Crippen MR) is 85.8 cm³/mol. The maximum absolute atomic E-state index is 9.78. The van der Waals surface area contributed by atoms with Crippen molar-refractivity contribution in [3.63, 3.8) is 0 Å². The Morgan fingerprint density at radius 3 is 2.53 bits per heavy atom. The molecule has 19 heavy (non-hydrogen) atoms. The summed E-state index contributed by atoms with van der Waals surface area (Å²) >= 11 is 14.4. The third kappa shape index (κ3) is 3.93. The largest absolute Gasteiger partial charge is 0.507 e. The van der Waals surface area contributed by atoms with E-state index in [1.165, 1.54) is 6.07 Å². The normalized spacial score (nSPS) is 10.2. The van der Waals surface area contributed by atoms with Crippen molar-refractivity contribution in [2.45, 2.75) is 6.54 Å². The van der Waals surface area contributed by atoms with Gasteiger partial charge in [0.1, 0.15) is 10.7 Å². The molecule has 0 heterocycles. The summed E-state index contributed by atoms with van der Waals surface area (Å²) in [5.74, 6) is 0.0841. The van der Waals surface area contributed by atoms with E-state index in [1.54, 1.807) is 12.1 Å². The van der Waals surface area contributed by atoms with Crippen molar-refractivity contribution in [3.05, 3.63) is 63.1 Å². The number of aromatic hydroxyl groups is 1. The van der Waals surface area contributed by atoms with Gasteiger partial charge in [-0.2, -0.15) is 0 Å². The van der Waals surface area contributed by atoms with E-state index in [0.717, 1.165) is 10.0 Å². The quantitative estimate of drug-likeness (QED) is 0.805. The van der Waals surface area contributed by atoms with Crippen LogP contribution in [0.2, 0.25) is 5.02 Å². The van der Waals surface area contributed by atoms with Crippen molar-refractivity contribution in [2.24, 2.45) is 0 Å². The standard InChI is InChI=1S/C14H11BrClNOS/c15-10-3-1-9(2-4-10)8-17-14(19)12-6-5-11(16)7-13(12)18/h1-7,18H,8H2,(H,17,19). The van der Waals surface area contributed by atoms with Gasteiger partial charge in [0.25, 0.3) is 0 Å². The molecule has 0 atom stereocenters. The van der Waals surface area contributed by atoms with Crippen LogP contribution in [0, 0.1) is 0 Å². The van der Waals surface area contributed by atoms with Gasteiger partial charge in [0.05, 0.1) is 5.56 Å². The van der Waals surface area contributed by atoms with E-state index >= 15 is 0 Å². The molecule has 5 heteroatoms. The van der Waals surface area contributed by atoms with Crippen LogP contribution in [0.15, 0.2) is 46.9 Å². The zero-order valence-corrected chi connectivity index (χ0v) is 13.0. The first-order valence-corrected chi connectivity index (χ1v) is 7.15. The average molecular weight is 357 g/mol. The molecule has 0 unspecified atom stereocenters. The van der Waals surface area contributed by atoms with Crippen LogP contribution in [0.4, 0.5) is 0 Å². The van der Waals surface area contributed by atoms with Crippen LogP contribution in [0.5, 0.6) is 5.75 Å². The molecule has 0 bridgehead atoms. The Kier molecular flexibility index (Phi) is 4.80. The van der Waals surface area contributed by atoms with Gasteiger partial charge >= 0.3 is 0 Å². The van der Waals surface area contributed by atoms with Crippen molar-refractivity contribution >= 4 is 44.7 Å². The molecule has 0 aliphatic carbocycles. The average Bonchev–Trinajstić information content (AvgIpc) is 2.37. The molecule has 2 nitrogen and oxygen atoms in total. The predicted octanol–water partition coefficient (Wildman–Crippen LogP) is 4.27. The summed E-state index contributed by atoms with van der Waals surface area (Å²) in [5.41, 5.74) is 1.69. The van der Waals surface area contributed by atoms with E-state index in [-0.39, 0.29) is 5.75 Å². The molecule has 0 saturated carbocycles. The van der Waals surface area contributed by atoms with Crippen LogP contribution >= 0.6 is 39.7 Å². The van der Waals surface area contributed by atoms with Gasteiger partial charge in [0, 0.05) is 16.0 Å². The Morgan fingerprint density at radius 1 is 1.21 bits per heavy atom. The number of rotatable bonds is 3. The van der Waals surface area contributed by atoms with Crippen LogP contribution in [-0.2, 0) is 6.54 Å². The Labute approximate surface area is 130 Å². The fourth-order valence-corrected chi connectivity index (χ4v) is 2.25. The molecule has 98 valence electrons. The van der Waals surface area contributed by atoms with Gasteiger partial charge in [0.15, 0.2) is 0 Å². The fraction of sp³-hybridized carbons (Fsp3) is 0.0714. The topological polar surface area (TPSA) is 32.3 Å². The highest BCUT2D eigenvalue weighted by Gasteiger charge is 2.07. The number of benzene rings is 2. The van der Waals surface area contributed by atoms with Crippen molar-refractivity contribution in [1.82, 2.24) is 5.32 Å². The molecule has 0 aromatic heterocycles. The van der Waals surface area contributed by atoms with Crippen molar-refractivity contribution in [3.8, 4) is 5.75 Å². The molecule has 2 N–H and O–H groups in total. The summed E-state index contributed by atoms with van der Waals surface area (Å²) < 4.78 is 1.04. The smallest absolute Gasteiger partial charge is 0.127 e. The Balaban J connectivity index is 2.03. The lowest BCUT2D eigenvalue weighted by Gasteiger charge is -2.10. The summed E-state index contributed by atoms with van der Waals surface area (Å²) in [6.07, 6.45) is 0. The van der Waals surface area contributed by atoms with Crippen LogP contribution < -0.4 is 5.32 Å². The van der Waals surface area contributed by atoms with E-state index in [1.807, 2.05) is 24.3 Å². The summed E-state index contributed by atoms with van der Waals surface area (Å²) in [6, 6.07) is 12.8. The minimum absolute atomic E-state index is 0.0841. The molecule has 0 radical (unpaired) electrons. The molecule has 2 aromatic rings. The van der Waals surface area contributed by atoms with Crippen LogP contribution in [0.1, 0.15) is 11.1 Å². The van der Waals surface area contributed by atoms with Gasteiger partial charge in [-0.25, -0.2) is 0 Å². The minimum atomic E-state index is 0.0841. The number of hydrogen-bond donors (Lipinski definition) is 2. The second kappa shape index (κ2) is 6.37. The maximum Gasteiger partial charge on any atom is 0.127 e. The van der Waals surface area contributed by atoms with Crippen LogP contribution in [0.3, 0.4) is 0 Å². The van der Waals surface area contributed by atoms with Gasteiger partial charge < -0.3 is 10.4 Å². The van der Waals surface area contributed by atoms with Gasteiger partial charge in [-0.05, 0) is 35.9 Å². The van der Waals surface area contributed by atoms with Gasteiger partial charge in [-0.15, -0.1) is 0 Å². The van der Waals surface area contributed by atoms with E-state index in [9.17, 15) is 5.11 Å². The minimum Gasteiger partial charge on any atom is -0.507 e. The summed E-state index contributed by atoms with van der Waals surface area (Å²) in [4.78, 5) is 0.497. The van der Waals surface area contributed by atoms with Crippen LogP contribution in [0.25, 0.3) is 0 Å². The number of thiocarbonyl (C=S) groups is 1. The van der Waals surface area contributed by atoms with Gasteiger partial charge in [0.2, 0.25) is 0 Å². The second-order valence-electron chi connectivity index (χ2n) is 3.97. The SMILES string of the molecule is Oc1cc(Cl)ccc1C(=S)NCc1ccc(Br)cc1. The molecule has 0 fully saturated rings. The first-order valence-electron chi connectivity index (χ1n) is 5.57. The highest BCUT2D eigenvalue weighted by atomic mass is 79.9. The number of halogens is 2. The second-order valence-corrected chi connectivity index (χ2v) is 5.73. The van der Waals surface area contributed by atoms with E-state index < -0.39 is 0 Å². The molecular formula is C14H11BrClNOS. The number of nitrogens with one attached hydrogen (secondary N) is 1. The zero-order valence-electron chi connectivity index (χ0n) is 9.86. The number of phenolic OH excluding ortho intramolecular Hbond substituents is 1. The molecule has 0 aliphatic heterocycles. The zero-order chi connectivity index (χ0) is 13.8. The molecule has 0 amide bonds. The Hall–Kier alpha value is -1.10. The number of hydrogen-bond acceptors (Lipinski definition) is 2. The summed E-state index contributed by atoms with van der Waals surface area (Å²) in [7, 11) is 0. The summed E-state index contributed by atoms with van der Waals surface area (Å²) in [5, 5.41) is 13.4. The number of phenols is 1. The highest BCUT2D eigenvalue weighted by Crippen LogP contribution is 2.22. The van der Waals surface area contributed by atoms with E-state index in [4.69, 9.17) is 23.8 Å². The molecular weight excluding hydrogens is 346 g/mol. The van der Waals surface area contributed by atoms with Gasteiger partial charge in [-0.3, -0.25) is 0 Å². The third-order valence-corrected chi connectivity index (χ3v) is 3.70. The molecule has 0 saturated heterocycles. The molecule has 2 rings (SSSR count). The molecule has 0 aliphatic rings. The third-order valence-electron chi connectivity index (χ3n) is 2.57. The monoisotopic (exact) mass is 355 g/mol. The fourth-order valence-electron chi connectivity index (χ4n) is 1.58. The first-order chi connectivity index (χ1) is 9.06. The van der Waals surface area contributed by atoms with E-state index in [2.05, 4.69) is 21.2 Å². The highest BCUT2D eigenvalue weighted by molar-refractivity contribution is 9.10. The lowest BCUT2D eigenvalue weighted by atomic mass is 10.2. The first kappa shape index (κ1) is 14.3. The summed E-state index contributed by atoms with van der Waals surface area (Å²) in [6.45, 7) is 0.605. The lowest BCUT2D eigenvalue weighted by molar-refractivity contribution is 0.474. The van der Waals surface area contributed by atoms with Crippen molar-refractivity contribution in [2.75, 3.05) is 0 Å². The van der Waals surface area contributed by atoms with Crippen molar-refractivity contribution in [1.29, 1.82) is 0 Å². The molecule has 2 aromatic carbocycles. The van der Waals surface area contributed by atoms with E-state index in [0.29, 0.717) is 22.1 Å². The Morgan fingerprint density at radius 2 is 1.89 bits per heavy atom. The molecule has 0 spiro atoms. The Bertz CT molecular complexity index is 601. The van der Waals surface area contributed by atoms with Crippen molar-refractivity contribution < 1.29 is 5.11 Å². The van der Waals surface area contributed by atoms with Crippen LogP contribution in [-0.4, -0.2) is 10.1 Å². The lowest BCUT2D eigenvalue weighted by Crippen LogP contribution is -2.21. The van der Waals surface area contributed by atoms with Gasteiger partial charge in [-0.1, -0.05) is 51.9 Å².